The van der Waals surface area contributed by atoms with Crippen LogP contribution in [0.1, 0.15) is 40.7 Å². The number of thiazole rings is 1. The van der Waals surface area contributed by atoms with Crippen LogP contribution in [0.25, 0.3) is 0 Å². The van der Waals surface area contributed by atoms with E-state index in [9.17, 15) is 4.79 Å². The summed E-state index contributed by atoms with van der Waals surface area (Å²) in [7, 11) is 0. The van der Waals surface area contributed by atoms with Gasteiger partial charge in [-0.3, -0.25) is 9.69 Å². The molecule has 1 aromatic heterocycles. The molecular weight excluding hydrogens is 342 g/mol. The van der Waals surface area contributed by atoms with Gasteiger partial charge in [0, 0.05) is 37.6 Å². The summed E-state index contributed by atoms with van der Waals surface area (Å²) in [5.41, 5.74) is 1.85. The predicted octanol–water partition coefficient (Wildman–Crippen LogP) is 3.88. The van der Waals surface area contributed by atoms with E-state index in [1.54, 1.807) is 0 Å². The van der Waals surface area contributed by atoms with Gasteiger partial charge in [-0.25, -0.2) is 4.98 Å². The molecule has 0 atom stereocenters. The standard InChI is InChI=1S/C18H22ClN3OS/c1-13(2)16-15(20-18(19)24-16)17(23)22-10-8-21(9-11-22)12-14-6-4-3-5-7-14/h3-7,13H,8-12H2,1-2H3. The van der Waals surface area contributed by atoms with Gasteiger partial charge in [-0.1, -0.05) is 55.8 Å². The summed E-state index contributed by atoms with van der Waals surface area (Å²) in [4.78, 5) is 22.3. The molecule has 0 aliphatic carbocycles. The Hall–Kier alpha value is -1.43. The minimum Gasteiger partial charge on any atom is -0.335 e. The van der Waals surface area contributed by atoms with Crippen LogP contribution in [-0.4, -0.2) is 46.9 Å². The highest BCUT2D eigenvalue weighted by Gasteiger charge is 2.27. The SMILES string of the molecule is CC(C)c1sc(Cl)nc1C(=O)N1CCN(Cc2ccccc2)CC1. The van der Waals surface area contributed by atoms with E-state index < -0.39 is 0 Å². The van der Waals surface area contributed by atoms with Gasteiger partial charge in [0.15, 0.2) is 4.47 Å². The first-order chi connectivity index (χ1) is 11.5. The average Bonchev–Trinajstić information content (AvgIpc) is 2.98. The first-order valence-electron chi connectivity index (χ1n) is 8.26. The van der Waals surface area contributed by atoms with E-state index in [0.29, 0.717) is 10.2 Å². The lowest BCUT2D eigenvalue weighted by Gasteiger charge is -2.34. The van der Waals surface area contributed by atoms with E-state index in [2.05, 4.69) is 48.0 Å². The molecule has 1 amide bonds. The van der Waals surface area contributed by atoms with Gasteiger partial charge in [-0.2, -0.15) is 0 Å². The number of carbonyl (C=O) groups is 1. The van der Waals surface area contributed by atoms with Gasteiger partial charge in [-0.05, 0) is 11.5 Å². The maximum absolute atomic E-state index is 12.8. The molecule has 1 aromatic carbocycles. The van der Waals surface area contributed by atoms with Crippen molar-refractivity contribution in [3.05, 3.63) is 50.9 Å². The number of halogens is 1. The van der Waals surface area contributed by atoms with Gasteiger partial charge in [0.2, 0.25) is 0 Å². The fraction of sp³-hybridized carbons (Fsp3) is 0.444. The zero-order chi connectivity index (χ0) is 17.1. The van der Waals surface area contributed by atoms with E-state index >= 15 is 0 Å². The fourth-order valence-electron chi connectivity index (χ4n) is 2.95. The van der Waals surface area contributed by atoms with E-state index in [-0.39, 0.29) is 11.8 Å². The van der Waals surface area contributed by atoms with Crippen molar-refractivity contribution in [1.82, 2.24) is 14.8 Å². The molecule has 1 aliphatic heterocycles. The third kappa shape index (κ3) is 3.97. The molecule has 2 heterocycles. The van der Waals surface area contributed by atoms with Gasteiger partial charge < -0.3 is 4.90 Å². The van der Waals surface area contributed by atoms with Crippen molar-refractivity contribution in [3.8, 4) is 0 Å². The normalized spacial score (nSPS) is 15.9. The van der Waals surface area contributed by atoms with Gasteiger partial charge in [0.1, 0.15) is 5.69 Å². The minimum atomic E-state index is 0.0150. The van der Waals surface area contributed by atoms with E-state index in [1.165, 1.54) is 16.9 Å². The number of nitrogens with zero attached hydrogens (tertiary/aromatic N) is 3. The topological polar surface area (TPSA) is 36.4 Å². The Morgan fingerprint density at radius 1 is 1.21 bits per heavy atom. The van der Waals surface area contributed by atoms with Crippen molar-refractivity contribution in [3.63, 3.8) is 0 Å². The summed E-state index contributed by atoms with van der Waals surface area (Å²) in [6.07, 6.45) is 0. The van der Waals surface area contributed by atoms with E-state index in [0.717, 1.165) is 37.6 Å². The van der Waals surface area contributed by atoms with Crippen LogP contribution in [0, 0.1) is 0 Å². The summed E-state index contributed by atoms with van der Waals surface area (Å²) in [5.74, 6) is 0.273. The number of hydrogen-bond acceptors (Lipinski definition) is 4. The van der Waals surface area contributed by atoms with Crippen LogP contribution in [0.5, 0.6) is 0 Å². The molecular formula is C18H22ClN3OS. The molecule has 0 N–H and O–H groups in total. The largest absolute Gasteiger partial charge is 0.335 e. The molecule has 1 saturated heterocycles. The first-order valence-corrected chi connectivity index (χ1v) is 9.46. The highest BCUT2D eigenvalue weighted by atomic mass is 35.5. The summed E-state index contributed by atoms with van der Waals surface area (Å²) >= 11 is 7.45. The Morgan fingerprint density at radius 3 is 2.50 bits per heavy atom. The molecule has 0 saturated carbocycles. The number of piperazine rings is 1. The lowest BCUT2D eigenvalue weighted by molar-refractivity contribution is 0.0622. The molecule has 0 radical (unpaired) electrons. The fourth-order valence-corrected chi connectivity index (χ4v) is 4.07. The number of aromatic nitrogens is 1. The van der Waals surface area contributed by atoms with Crippen molar-refractivity contribution >= 4 is 28.8 Å². The molecule has 0 bridgehead atoms. The first kappa shape index (κ1) is 17.4. The maximum atomic E-state index is 12.8. The molecule has 0 unspecified atom stereocenters. The second-order valence-corrected chi connectivity index (χ2v) is 8.00. The van der Waals surface area contributed by atoms with E-state index in [4.69, 9.17) is 11.6 Å². The van der Waals surface area contributed by atoms with Crippen LogP contribution < -0.4 is 0 Å². The van der Waals surface area contributed by atoms with Crippen molar-refractivity contribution in [2.75, 3.05) is 26.2 Å². The van der Waals surface area contributed by atoms with Gasteiger partial charge in [0.05, 0.1) is 0 Å². The lowest BCUT2D eigenvalue weighted by atomic mass is 10.1. The van der Waals surface area contributed by atoms with E-state index in [1.807, 2.05) is 11.0 Å². The van der Waals surface area contributed by atoms with Crippen molar-refractivity contribution in [2.24, 2.45) is 0 Å². The Kier molecular flexibility index (Phi) is 5.54. The van der Waals surface area contributed by atoms with Crippen LogP contribution in [-0.2, 0) is 6.54 Å². The molecule has 1 aliphatic rings. The quantitative estimate of drug-likeness (QED) is 0.827. The Morgan fingerprint density at radius 2 is 1.88 bits per heavy atom. The van der Waals surface area contributed by atoms with Crippen molar-refractivity contribution < 1.29 is 4.79 Å². The highest BCUT2D eigenvalue weighted by molar-refractivity contribution is 7.16. The number of amides is 1. The number of benzene rings is 1. The van der Waals surface area contributed by atoms with Gasteiger partial charge >= 0.3 is 0 Å². The Bertz CT molecular complexity index is 694. The highest BCUT2D eigenvalue weighted by Crippen LogP contribution is 2.30. The van der Waals surface area contributed by atoms with Crippen LogP contribution in [0.2, 0.25) is 4.47 Å². The van der Waals surface area contributed by atoms with Crippen molar-refractivity contribution in [1.29, 1.82) is 0 Å². The molecule has 2 aromatic rings. The molecule has 128 valence electrons. The van der Waals surface area contributed by atoms with Crippen molar-refractivity contribution in [2.45, 2.75) is 26.3 Å². The third-order valence-electron chi connectivity index (χ3n) is 4.26. The van der Waals surface area contributed by atoms with Gasteiger partial charge in [0.25, 0.3) is 5.91 Å². The maximum Gasteiger partial charge on any atom is 0.273 e. The van der Waals surface area contributed by atoms with Crippen LogP contribution >= 0.6 is 22.9 Å². The summed E-state index contributed by atoms with van der Waals surface area (Å²) in [6, 6.07) is 10.4. The zero-order valence-corrected chi connectivity index (χ0v) is 15.6. The Labute approximate surface area is 152 Å². The van der Waals surface area contributed by atoms with Crippen LogP contribution in [0.4, 0.5) is 0 Å². The van der Waals surface area contributed by atoms with Crippen LogP contribution in [0.15, 0.2) is 30.3 Å². The second kappa shape index (κ2) is 7.64. The molecule has 3 rings (SSSR count). The summed E-state index contributed by atoms with van der Waals surface area (Å²) in [5, 5.41) is 0. The van der Waals surface area contributed by atoms with Gasteiger partial charge in [-0.15, -0.1) is 11.3 Å². The molecule has 24 heavy (non-hydrogen) atoms. The molecule has 0 spiro atoms. The number of rotatable bonds is 4. The number of hydrogen-bond donors (Lipinski definition) is 0. The Balaban J connectivity index is 1.61. The smallest absolute Gasteiger partial charge is 0.273 e. The molecule has 4 nitrogen and oxygen atoms in total. The summed E-state index contributed by atoms with van der Waals surface area (Å²) in [6.45, 7) is 8.31. The lowest BCUT2D eigenvalue weighted by Crippen LogP contribution is -2.48. The zero-order valence-electron chi connectivity index (χ0n) is 14.0. The number of carbonyl (C=O) groups excluding carboxylic acids is 1. The second-order valence-electron chi connectivity index (χ2n) is 6.39. The summed E-state index contributed by atoms with van der Waals surface area (Å²) < 4.78 is 0.449. The average molecular weight is 364 g/mol. The minimum absolute atomic E-state index is 0.0150. The predicted molar refractivity (Wildman–Crippen MR) is 98.8 cm³/mol. The monoisotopic (exact) mass is 363 g/mol. The molecule has 1 fully saturated rings. The third-order valence-corrected chi connectivity index (χ3v) is 5.72. The molecule has 6 heteroatoms. The van der Waals surface area contributed by atoms with Crippen LogP contribution in [0.3, 0.4) is 0 Å².